The second-order valence-electron chi connectivity index (χ2n) is 6.56. The largest absolute Gasteiger partial charge is 0.361 e. The second-order valence-corrected chi connectivity index (χ2v) is 6.56. The molecule has 17 heavy (non-hydrogen) atoms. The number of aromatic nitrogens is 1. The molecular formula is C15H21NO. The van der Waals surface area contributed by atoms with Crippen molar-refractivity contribution < 1.29 is 4.52 Å². The van der Waals surface area contributed by atoms with Crippen molar-refractivity contribution in [2.75, 3.05) is 0 Å². The molecule has 4 aliphatic carbocycles. The van der Waals surface area contributed by atoms with Crippen LogP contribution in [0.5, 0.6) is 0 Å². The van der Waals surface area contributed by atoms with Gasteiger partial charge in [-0.05, 0) is 64.2 Å². The number of hydrogen-bond donors (Lipinski definition) is 0. The molecule has 0 aromatic carbocycles. The van der Waals surface area contributed by atoms with Crippen LogP contribution in [0.4, 0.5) is 0 Å². The lowest BCUT2D eigenvalue weighted by Crippen LogP contribution is -2.38. The maximum atomic E-state index is 5.67. The minimum absolute atomic E-state index is 0.398. The average molecular weight is 231 g/mol. The van der Waals surface area contributed by atoms with Gasteiger partial charge >= 0.3 is 0 Å². The summed E-state index contributed by atoms with van der Waals surface area (Å²) < 4.78 is 5.67. The Morgan fingerprint density at radius 3 is 2.29 bits per heavy atom. The highest BCUT2D eigenvalue weighted by molar-refractivity contribution is 5.33. The van der Waals surface area contributed by atoms with Gasteiger partial charge in [-0.25, -0.2) is 0 Å². The van der Waals surface area contributed by atoms with Gasteiger partial charge in [0.1, 0.15) is 5.76 Å². The molecule has 0 radical (unpaired) electrons. The Labute approximate surface area is 103 Å². The average Bonchev–Trinajstić information content (AvgIpc) is 3.15. The van der Waals surface area contributed by atoms with Crippen LogP contribution in [0, 0.1) is 12.8 Å². The van der Waals surface area contributed by atoms with Crippen LogP contribution < -0.4 is 0 Å². The molecule has 4 fully saturated rings. The summed E-state index contributed by atoms with van der Waals surface area (Å²) in [5.74, 6) is 2.93. The van der Waals surface area contributed by atoms with Gasteiger partial charge in [0.2, 0.25) is 0 Å². The normalized spacial score (nSPS) is 36.4. The smallest absolute Gasteiger partial charge is 0.142 e. The predicted molar refractivity (Wildman–Crippen MR) is 66.1 cm³/mol. The van der Waals surface area contributed by atoms with E-state index in [-0.39, 0.29) is 0 Å². The molecule has 0 saturated heterocycles. The van der Waals surface area contributed by atoms with Crippen LogP contribution in [-0.4, -0.2) is 5.16 Å². The van der Waals surface area contributed by atoms with Crippen molar-refractivity contribution in [2.45, 2.75) is 69.6 Å². The van der Waals surface area contributed by atoms with Gasteiger partial charge in [0, 0.05) is 16.9 Å². The topological polar surface area (TPSA) is 26.0 Å². The van der Waals surface area contributed by atoms with Crippen LogP contribution in [-0.2, 0) is 5.41 Å². The van der Waals surface area contributed by atoms with Gasteiger partial charge < -0.3 is 4.52 Å². The lowest BCUT2D eigenvalue weighted by molar-refractivity contribution is 0.128. The van der Waals surface area contributed by atoms with E-state index in [1.54, 1.807) is 0 Å². The van der Waals surface area contributed by atoms with Gasteiger partial charge in [-0.15, -0.1) is 0 Å². The Morgan fingerprint density at radius 1 is 1.06 bits per heavy atom. The van der Waals surface area contributed by atoms with Crippen molar-refractivity contribution >= 4 is 0 Å². The van der Waals surface area contributed by atoms with E-state index in [4.69, 9.17) is 4.52 Å². The standard InChI is InChI=1S/C15H21NO/c1-10-13(12-2-3-12)17-16-14(10)15-7-4-11(5-8-15)6-9-15/h11-12H,2-9H2,1H3. The first-order chi connectivity index (χ1) is 8.28. The summed E-state index contributed by atoms with van der Waals surface area (Å²) >= 11 is 0. The third kappa shape index (κ3) is 1.42. The van der Waals surface area contributed by atoms with Gasteiger partial charge in [-0.3, -0.25) is 0 Å². The van der Waals surface area contributed by atoms with Crippen molar-refractivity contribution in [1.29, 1.82) is 0 Å². The molecule has 2 heteroatoms. The molecule has 0 N–H and O–H groups in total. The van der Waals surface area contributed by atoms with Crippen LogP contribution in [0.15, 0.2) is 4.52 Å². The number of nitrogens with zero attached hydrogens (tertiary/aromatic N) is 1. The van der Waals surface area contributed by atoms with Crippen molar-refractivity contribution in [3.05, 3.63) is 17.0 Å². The Balaban J connectivity index is 1.73. The molecule has 0 spiro atoms. The third-order valence-corrected chi connectivity index (χ3v) is 5.50. The molecule has 1 heterocycles. The Hall–Kier alpha value is -0.790. The maximum absolute atomic E-state index is 5.67. The fourth-order valence-corrected chi connectivity index (χ4v) is 4.17. The molecule has 0 aliphatic heterocycles. The van der Waals surface area contributed by atoms with Gasteiger partial charge in [-0.1, -0.05) is 5.16 Å². The zero-order chi connectivity index (χ0) is 11.5. The van der Waals surface area contributed by atoms with E-state index >= 15 is 0 Å². The first-order valence-corrected chi connectivity index (χ1v) is 7.25. The first-order valence-electron chi connectivity index (χ1n) is 7.25. The number of fused-ring (bicyclic) bond motifs is 3. The first kappa shape index (κ1) is 10.2. The Morgan fingerprint density at radius 2 is 1.71 bits per heavy atom. The molecule has 0 atom stereocenters. The Kier molecular flexibility index (Phi) is 2.01. The maximum Gasteiger partial charge on any atom is 0.142 e. The van der Waals surface area contributed by atoms with Gasteiger partial charge in [0.15, 0.2) is 0 Å². The zero-order valence-electron chi connectivity index (χ0n) is 10.7. The highest BCUT2D eigenvalue weighted by Gasteiger charge is 2.45. The van der Waals surface area contributed by atoms with Gasteiger partial charge in [0.05, 0.1) is 5.69 Å². The summed E-state index contributed by atoms with van der Waals surface area (Å²) in [5, 5.41) is 4.49. The minimum Gasteiger partial charge on any atom is -0.361 e. The third-order valence-electron chi connectivity index (χ3n) is 5.50. The highest BCUT2D eigenvalue weighted by Crippen LogP contribution is 2.53. The van der Waals surface area contributed by atoms with Crippen LogP contribution >= 0.6 is 0 Å². The molecule has 5 rings (SSSR count). The summed E-state index contributed by atoms with van der Waals surface area (Å²) in [6, 6.07) is 0. The Bertz CT molecular complexity index is 422. The molecule has 4 aliphatic rings. The van der Waals surface area contributed by atoms with Gasteiger partial charge in [-0.2, -0.15) is 0 Å². The number of rotatable bonds is 2. The molecule has 2 bridgehead atoms. The quantitative estimate of drug-likeness (QED) is 0.766. The van der Waals surface area contributed by atoms with E-state index in [1.807, 2.05) is 0 Å². The van der Waals surface area contributed by atoms with E-state index in [0.717, 1.165) is 5.92 Å². The summed E-state index contributed by atoms with van der Waals surface area (Å²) in [6.07, 6.45) is 11.0. The van der Waals surface area contributed by atoms with Crippen LogP contribution in [0.3, 0.4) is 0 Å². The molecule has 1 aromatic heterocycles. The van der Waals surface area contributed by atoms with Crippen LogP contribution in [0.2, 0.25) is 0 Å². The fourth-order valence-electron chi connectivity index (χ4n) is 4.17. The predicted octanol–water partition coefficient (Wildman–Crippen LogP) is 4.08. The van der Waals surface area contributed by atoms with Crippen molar-refractivity contribution in [3.8, 4) is 0 Å². The molecule has 92 valence electrons. The second kappa shape index (κ2) is 3.37. The molecular weight excluding hydrogens is 210 g/mol. The van der Waals surface area contributed by atoms with E-state index in [0.29, 0.717) is 11.3 Å². The minimum atomic E-state index is 0.398. The number of hydrogen-bond acceptors (Lipinski definition) is 2. The van der Waals surface area contributed by atoms with Crippen LogP contribution in [0.1, 0.15) is 74.3 Å². The SMILES string of the molecule is Cc1c(C23CCC(CC2)CC3)noc1C1CC1. The molecule has 1 aromatic rings. The van der Waals surface area contributed by atoms with Crippen LogP contribution in [0.25, 0.3) is 0 Å². The van der Waals surface area contributed by atoms with E-state index in [9.17, 15) is 0 Å². The summed E-state index contributed by atoms with van der Waals surface area (Å²) in [6.45, 7) is 2.24. The lowest BCUT2D eigenvalue weighted by Gasteiger charge is -2.45. The zero-order valence-corrected chi connectivity index (χ0v) is 10.7. The molecule has 2 nitrogen and oxygen atoms in total. The molecule has 0 amide bonds. The van der Waals surface area contributed by atoms with Crippen molar-refractivity contribution in [2.24, 2.45) is 5.92 Å². The monoisotopic (exact) mass is 231 g/mol. The summed E-state index contributed by atoms with van der Waals surface area (Å²) in [7, 11) is 0. The lowest BCUT2D eigenvalue weighted by atomic mass is 9.59. The van der Waals surface area contributed by atoms with Gasteiger partial charge in [0.25, 0.3) is 0 Å². The van der Waals surface area contributed by atoms with Crippen molar-refractivity contribution in [1.82, 2.24) is 5.16 Å². The van der Waals surface area contributed by atoms with E-state index in [2.05, 4.69) is 12.1 Å². The van der Waals surface area contributed by atoms with E-state index < -0.39 is 0 Å². The summed E-state index contributed by atoms with van der Waals surface area (Å²) in [5.41, 5.74) is 3.13. The van der Waals surface area contributed by atoms with Crippen molar-refractivity contribution in [3.63, 3.8) is 0 Å². The molecule has 4 saturated carbocycles. The fraction of sp³-hybridized carbons (Fsp3) is 0.800. The van der Waals surface area contributed by atoms with E-state index in [1.165, 1.54) is 68.4 Å². The summed E-state index contributed by atoms with van der Waals surface area (Å²) in [4.78, 5) is 0. The molecule has 0 unspecified atom stereocenters. The highest BCUT2D eigenvalue weighted by atomic mass is 16.5.